The Morgan fingerprint density at radius 3 is 2.70 bits per heavy atom. The van der Waals surface area contributed by atoms with Crippen LogP contribution in [0, 0.1) is 6.92 Å². The van der Waals surface area contributed by atoms with Gasteiger partial charge in [0.15, 0.2) is 0 Å². The molecule has 27 heavy (non-hydrogen) atoms. The Kier molecular flexibility index (Phi) is 4.41. The van der Waals surface area contributed by atoms with Gasteiger partial charge in [0, 0.05) is 34.3 Å². The van der Waals surface area contributed by atoms with Gasteiger partial charge in [-0.05, 0) is 42.8 Å². The number of hydrogen-bond donors (Lipinski definition) is 2. The number of carbonyl (C=O) groups excluding carboxylic acids is 2. The second kappa shape index (κ2) is 6.89. The Morgan fingerprint density at radius 2 is 1.89 bits per heavy atom. The number of nitrogens with one attached hydrogen (secondary N) is 2. The van der Waals surface area contributed by atoms with Gasteiger partial charge >= 0.3 is 0 Å². The standard InChI is InChI=1S/C21H18N2O3S/c1-12-14(20(24)22-2)7-5-8-16(12)23-21(25)18-10-13-11-26-17-9-4-3-6-15(17)19(13)27-18/h3-10H,11H2,1-2H3,(H,22,24)(H,23,25). The number of anilines is 1. The third-order valence-corrected chi connectivity index (χ3v) is 5.81. The van der Waals surface area contributed by atoms with Crippen LogP contribution in [-0.4, -0.2) is 18.9 Å². The van der Waals surface area contributed by atoms with Gasteiger partial charge in [-0.15, -0.1) is 11.3 Å². The minimum absolute atomic E-state index is 0.177. The number of hydrogen-bond acceptors (Lipinski definition) is 4. The lowest BCUT2D eigenvalue weighted by atomic mass is 10.1. The number of carbonyl (C=O) groups is 2. The van der Waals surface area contributed by atoms with Crippen molar-refractivity contribution in [3.8, 4) is 16.2 Å². The van der Waals surface area contributed by atoms with E-state index in [9.17, 15) is 9.59 Å². The van der Waals surface area contributed by atoms with Crippen molar-refractivity contribution < 1.29 is 14.3 Å². The molecule has 0 saturated heterocycles. The second-order valence-electron chi connectivity index (χ2n) is 6.26. The molecule has 1 aliphatic rings. The molecule has 6 heteroatoms. The van der Waals surface area contributed by atoms with Crippen molar-refractivity contribution in [2.45, 2.75) is 13.5 Å². The summed E-state index contributed by atoms with van der Waals surface area (Å²) >= 11 is 1.45. The van der Waals surface area contributed by atoms with Gasteiger partial charge in [0.2, 0.25) is 0 Å². The number of benzene rings is 2. The fraction of sp³-hybridized carbons (Fsp3) is 0.143. The highest BCUT2D eigenvalue weighted by atomic mass is 32.1. The molecule has 0 bridgehead atoms. The zero-order valence-corrected chi connectivity index (χ0v) is 15.8. The van der Waals surface area contributed by atoms with E-state index in [1.54, 1.807) is 25.2 Å². The maximum Gasteiger partial charge on any atom is 0.265 e. The molecule has 0 saturated carbocycles. The summed E-state index contributed by atoms with van der Waals surface area (Å²) in [6.07, 6.45) is 0. The van der Waals surface area contributed by atoms with Gasteiger partial charge in [-0.25, -0.2) is 0 Å². The predicted molar refractivity (Wildman–Crippen MR) is 107 cm³/mol. The average molecular weight is 378 g/mol. The Morgan fingerprint density at radius 1 is 1.07 bits per heavy atom. The molecule has 0 fully saturated rings. The van der Waals surface area contributed by atoms with Crippen molar-refractivity contribution in [2.24, 2.45) is 0 Å². The van der Waals surface area contributed by atoms with Crippen LogP contribution >= 0.6 is 11.3 Å². The summed E-state index contributed by atoms with van der Waals surface area (Å²) in [7, 11) is 1.59. The van der Waals surface area contributed by atoms with Gasteiger partial charge in [-0.1, -0.05) is 18.2 Å². The first-order valence-corrected chi connectivity index (χ1v) is 9.38. The fourth-order valence-electron chi connectivity index (χ4n) is 3.15. The van der Waals surface area contributed by atoms with Gasteiger partial charge in [0.25, 0.3) is 11.8 Å². The van der Waals surface area contributed by atoms with Gasteiger partial charge in [-0.3, -0.25) is 9.59 Å². The molecular formula is C21H18N2O3S. The SMILES string of the molecule is CNC(=O)c1cccc(NC(=O)c2cc3c(s2)-c2ccccc2OC3)c1C. The summed E-state index contributed by atoms with van der Waals surface area (Å²) < 4.78 is 5.77. The Labute approximate surface area is 161 Å². The minimum Gasteiger partial charge on any atom is -0.488 e. The van der Waals surface area contributed by atoms with Crippen LogP contribution in [0.4, 0.5) is 5.69 Å². The Hall–Kier alpha value is -3.12. The number of para-hydroxylation sites is 1. The molecule has 3 aromatic rings. The summed E-state index contributed by atoms with van der Waals surface area (Å²) in [5, 5.41) is 5.54. The zero-order valence-electron chi connectivity index (χ0n) is 15.0. The van der Waals surface area contributed by atoms with Crippen LogP contribution in [0.15, 0.2) is 48.5 Å². The molecule has 0 aliphatic carbocycles. The van der Waals surface area contributed by atoms with Crippen LogP contribution in [0.3, 0.4) is 0 Å². The highest BCUT2D eigenvalue weighted by Crippen LogP contribution is 2.42. The Balaban J connectivity index is 1.63. The van der Waals surface area contributed by atoms with E-state index in [1.165, 1.54) is 11.3 Å². The van der Waals surface area contributed by atoms with Crippen LogP contribution in [0.1, 0.15) is 31.2 Å². The van der Waals surface area contributed by atoms with Crippen LogP contribution in [0.25, 0.3) is 10.4 Å². The number of ether oxygens (including phenoxy) is 1. The maximum absolute atomic E-state index is 12.8. The average Bonchev–Trinajstić information content (AvgIpc) is 3.14. The van der Waals surface area contributed by atoms with Crippen LogP contribution < -0.4 is 15.4 Å². The van der Waals surface area contributed by atoms with Gasteiger partial charge < -0.3 is 15.4 Å². The topological polar surface area (TPSA) is 67.4 Å². The third kappa shape index (κ3) is 3.08. The number of fused-ring (bicyclic) bond motifs is 3. The van der Waals surface area contributed by atoms with Crippen molar-refractivity contribution in [3.63, 3.8) is 0 Å². The molecule has 2 heterocycles. The molecule has 4 rings (SSSR count). The maximum atomic E-state index is 12.8. The van der Waals surface area contributed by atoms with E-state index in [-0.39, 0.29) is 11.8 Å². The summed E-state index contributed by atoms with van der Waals surface area (Å²) in [6.45, 7) is 2.28. The predicted octanol–water partition coefficient (Wildman–Crippen LogP) is 4.23. The quantitative estimate of drug-likeness (QED) is 0.717. The highest BCUT2D eigenvalue weighted by Gasteiger charge is 2.23. The molecule has 1 aliphatic heterocycles. The first-order valence-electron chi connectivity index (χ1n) is 8.56. The summed E-state index contributed by atoms with van der Waals surface area (Å²) in [5.74, 6) is 0.473. The van der Waals surface area contributed by atoms with E-state index >= 15 is 0 Å². The molecule has 2 aromatic carbocycles. The summed E-state index contributed by atoms with van der Waals surface area (Å²) in [5.41, 5.74) is 3.94. The molecule has 0 spiro atoms. The fourth-order valence-corrected chi connectivity index (χ4v) is 4.24. The highest BCUT2D eigenvalue weighted by molar-refractivity contribution is 7.17. The number of amides is 2. The second-order valence-corrected chi connectivity index (χ2v) is 7.31. The summed E-state index contributed by atoms with van der Waals surface area (Å²) in [4.78, 5) is 26.4. The van der Waals surface area contributed by atoms with Crippen molar-refractivity contribution in [3.05, 3.63) is 70.1 Å². The van der Waals surface area contributed by atoms with Crippen LogP contribution in [-0.2, 0) is 6.61 Å². The van der Waals surface area contributed by atoms with Crippen molar-refractivity contribution in [1.29, 1.82) is 0 Å². The first kappa shape index (κ1) is 17.3. The largest absolute Gasteiger partial charge is 0.488 e. The van der Waals surface area contributed by atoms with Crippen LogP contribution in [0.2, 0.25) is 0 Å². The molecule has 136 valence electrons. The molecule has 0 unspecified atom stereocenters. The van der Waals surface area contributed by atoms with Crippen LogP contribution in [0.5, 0.6) is 5.75 Å². The lowest BCUT2D eigenvalue weighted by Gasteiger charge is -2.16. The molecule has 5 nitrogen and oxygen atoms in total. The van der Waals surface area contributed by atoms with Gasteiger partial charge in [-0.2, -0.15) is 0 Å². The molecule has 0 atom stereocenters. The van der Waals surface area contributed by atoms with E-state index in [1.807, 2.05) is 37.3 Å². The zero-order chi connectivity index (χ0) is 19.0. The molecule has 2 N–H and O–H groups in total. The van der Waals surface area contributed by atoms with E-state index in [2.05, 4.69) is 10.6 Å². The third-order valence-electron chi connectivity index (χ3n) is 4.60. The van der Waals surface area contributed by atoms with Gasteiger partial charge in [0.1, 0.15) is 12.4 Å². The van der Waals surface area contributed by atoms with Crippen molar-refractivity contribution in [2.75, 3.05) is 12.4 Å². The molecule has 0 radical (unpaired) electrons. The lowest BCUT2D eigenvalue weighted by Crippen LogP contribution is -2.20. The van der Waals surface area contributed by atoms with Crippen molar-refractivity contribution >= 4 is 28.8 Å². The monoisotopic (exact) mass is 378 g/mol. The van der Waals surface area contributed by atoms with Crippen molar-refractivity contribution in [1.82, 2.24) is 5.32 Å². The smallest absolute Gasteiger partial charge is 0.265 e. The lowest BCUT2D eigenvalue weighted by molar-refractivity contribution is 0.0961. The molecule has 2 amide bonds. The van der Waals surface area contributed by atoms with E-state index in [0.717, 1.165) is 27.3 Å². The van der Waals surface area contributed by atoms with Gasteiger partial charge in [0.05, 0.1) is 4.88 Å². The minimum atomic E-state index is -0.191. The summed E-state index contributed by atoms with van der Waals surface area (Å²) in [6, 6.07) is 15.0. The van der Waals surface area contributed by atoms with E-state index in [4.69, 9.17) is 4.74 Å². The normalized spacial score (nSPS) is 11.8. The number of thiophene rings is 1. The first-order chi connectivity index (χ1) is 13.1. The molecule has 1 aromatic heterocycles. The van der Waals surface area contributed by atoms with E-state index in [0.29, 0.717) is 22.7 Å². The Bertz CT molecular complexity index is 1060. The molecular weight excluding hydrogens is 360 g/mol. The number of rotatable bonds is 3. The van der Waals surface area contributed by atoms with E-state index < -0.39 is 0 Å².